The van der Waals surface area contributed by atoms with Crippen molar-refractivity contribution in [3.63, 3.8) is 0 Å². The van der Waals surface area contributed by atoms with Crippen molar-refractivity contribution in [2.45, 2.75) is 50.4 Å². The lowest BCUT2D eigenvalue weighted by Crippen LogP contribution is -2.19. The van der Waals surface area contributed by atoms with Crippen LogP contribution in [0.2, 0.25) is 0 Å². The number of nitrogens with one attached hydrogen (secondary N) is 1. The van der Waals surface area contributed by atoms with Crippen molar-refractivity contribution in [2.75, 3.05) is 17.7 Å². The molecule has 0 aromatic carbocycles. The number of rotatable bonds is 7. The first kappa shape index (κ1) is 19.3. The zero-order valence-corrected chi connectivity index (χ0v) is 17.2. The summed E-state index contributed by atoms with van der Waals surface area (Å²) in [6.45, 7) is 5.74. The molecule has 0 spiro atoms. The Morgan fingerprint density at radius 3 is 2.96 bits per heavy atom. The molecule has 0 aliphatic carbocycles. The Bertz CT molecular complexity index is 744. The Balaban J connectivity index is 1.62. The maximum absolute atomic E-state index is 12.2. The number of anilines is 1. The maximum atomic E-state index is 12.2. The number of halogens is 1. The SMILES string of the molecule is CC(C)c1nnc(SCC(=O)Nc2ccc(Br)cn2)n1CC1CCCO1. The molecule has 7 nitrogen and oxygen atoms in total. The van der Waals surface area contributed by atoms with Gasteiger partial charge in [0.25, 0.3) is 0 Å². The van der Waals surface area contributed by atoms with Crippen LogP contribution < -0.4 is 5.32 Å². The first-order valence-electron chi connectivity index (χ1n) is 8.62. The number of ether oxygens (including phenoxy) is 1. The average Bonchev–Trinajstić information content (AvgIpc) is 3.25. The van der Waals surface area contributed by atoms with Gasteiger partial charge in [-0.05, 0) is 40.9 Å². The van der Waals surface area contributed by atoms with Crippen molar-refractivity contribution in [3.05, 3.63) is 28.6 Å². The van der Waals surface area contributed by atoms with Gasteiger partial charge in [-0.1, -0.05) is 25.6 Å². The fourth-order valence-electron chi connectivity index (χ4n) is 2.76. The quantitative estimate of drug-likeness (QED) is 0.664. The Morgan fingerprint density at radius 1 is 1.46 bits per heavy atom. The molecule has 1 unspecified atom stereocenters. The largest absolute Gasteiger partial charge is 0.376 e. The monoisotopic (exact) mass is 439 g/mol. The summed E-state index contributed by atoms with van der Waals surface area (Å²) in [6, 6.07) is 3.59. The fourth-order valence-corrected chi connectivity index (χ4v) is 3.75. The first-order valence-corrected chi connectivity index (χ1v) is 10.4. The number of amides is 1. The number of carbonyl (C=O) groups is 1. The molecule has 3 rings (SSSR count). The molecule has 26 heavy (non-hydrogen) atoms. The van der Waals surface area contributed by atoms with Gasteiger partial charge in [0.15, 0.2) is 5.16 Å². The van der Waals surface area contributed by atoms with Crippen LogP contribution in [0.1, 0.15) is 38.4 Å². The van der Waals surface area contributed by atoms with E-state index >= 15 is 0 Å². The molecule has 1 atom stereocenters. The Labute approximate surface area is 165 Å². The summed E-state index contributed by atoms with van der Waals surface area (Å²) in [4.78, 5) is 16.4. The average molecular weight is 440 g/mol. The molecule has 1 fully saturated rings. The molecule has 140 valence electrons. The van der Waals surface area contributed by atoms with Gasteiger partial charge in [0.1, 0.15) is 11.6 Å². The van der Waals surface area contributed by atoms with Crippen LogP contribution in [0.15, 0.2) is 28.0 Å². The molecule has 1 aliphatic heterocycles. The van der Waals surface area contributed by atoms with E-state index in [-0.39, 0.29) is 23.7 Å². The van der Waals surface area contributed by atoms with Gasteiger partial charge in [-0.25, -0.2) is 4.98 Å². The van der Waals surface area contributed by atoms with Crippen molar-refractivity contribution in [3.8, 4) is 0 Å². The minimum Gasteiger partial charge on any atom is -0.376 e. The molecular weight excluding hydrogens is 418 g/mol. The minimum atomic E-state index is -0.123. The van der Waals surface area contributed by atoms with Gasteiger partial charge >= 0.3 is 0 Å². The molecule has 1 amide bonds. The number of hydrogen-bond donors (Lipinski definition) is 1. The number of pyridine rings is 1. The van der Waals surface area contributed by atoms with Crippen molar-refractivity contribution < 1.29 is 9.53 Å². The summed E-state index contributed by atoms with van der Waals surface area (Å²) < 4.78 is 8.72. The van der Waals surface area contributed by atoms with Gasteiger partial charge in [-0.15, -0.1) is 10.2 Å². The molecule has 1 aliphatic rings. The van der Waals surface area contributed by atoms with Gasteiger partial charge in [0.2, 0.25) is 5.91 Å². The molecule has 0 radical (unpaired) electrons. The van der Waals surface area contributed by atoms with Gasteiger partial charge in [-0.2, -0.15) is 0 Å². The van der Waals surface area contributed by atoms with E-state index in [4.69, 9.17) is 4.74 Å². The molecule has 0 bridgehead atoms. The lowest BCUT2D eigenvalue weighted by molar-refractivity contribution is -0.113. The Kier molecular flexibility index (Phi) is 6.66. The molecule has 1 saturated heterocycles. The smallest absolute Gasteiger partial charge is 0.236 e. The number of nitrogens with zero attached hydrogens (tertiary/aromatic N) is 4. The minimum absolute atomic E-state index is 0.123. The van der Waals surface area contributed by atoms with Crippen LogP contribution in [0, 0.1) is 0 Å². The van der Waals surface area contributed by atoms with Crippen molar-refractivity contribution >= 4 is 39.4 Å². The normalized spacial score (nSPS) is 17.0. The third-order valence-electron chi connectivity index (χ3n) is 4.00. The van der Waals surface area contributed by atoms with Crippen LogP contribution in [0.3, 0.4) is 0 Å². The second-order valence-electron chi connectivity index (χ2n) is 6.44. The van der Waals surface area contributed by atoms with E-state index in [0.29, 0.717) is 5.82 Å². The van der Waals surface area contributed by atoms with Gasteiger partial charge in [0.05, 0.1) is 18.4 Å². The standard InChI is InChI=1S/C17H22BrN5O2S/c1-11(2)16-21-22-17(23(16)9-13-4-3-7-25-13)26-10-15(24)20-14-6-5-12(18)8-19-14/h5-6,8,11,13H,3-4,7,9-10H2,1-2H3,(H,19,20,24). The Hall–Kier alpha value is -1.45. The van der Waals surface area contributed by atoms with E-state index in [1.807, 2.05) is 6.07 Å². The predicted octanol–water partition coefficient (Wildman–Crippen LogP) is 3.47. The summed E-state index contributed by atoms with van der Waals surface area (Å²) in [5, 5.41) is 12.1. The van der Waals surface area contributed by atoms with E-state index in [1.54, 1.807) is 12.3 Å². The molecule has 1 N–H and O–H groups in total. The van der Waals surface area contributed by atoms with Crippen LogP contribution >= 0.6 is 27.7 Å². The molecule has 3 heterocycles. The van der Waals surface area contributed by atoms with Crippen molar-refractivity contribution in [1.82, 2.24) is 19.7 Å². The zero-order valence-electron chi connectivity index (χ0n) is 14.8. The maximum Gasteiger partial charge on any atom is 0.236 e. The molecule has 9 heteroatoms. The van der Waals surface area contributed by atoms with Crippen LogP contribution in [-0.4, -0.2) is 44.1 Å². The van der Waals surface area contributed by atoms with E-state index in [1.165, 1.54) is 11.8 Å². The van der Waals surface area contributed by atoms with Crippen LogP contribution in [0.25, 0.3) is 0 Å². The van der Waals surface area contributed by atoms with Gasteiger partial charge in [-0.3, -0.25) is 4.79 Å². The number of aromatic nitrogens is 4. The van der Waals surface area contributed by atoms with Crippen molar-refractivity contribution in [1.29, 1.82) is 0 Å². The molecule has 0 saturated carbocycles. The summed E-state index contributed by atoms with van der Waals surface area (Å²) in [5.74, 6) is 1.85. The lowest BCUT2D eigenvalue weighted by atomic mass is 10.2. The summed E-state index contributed by atoms with van der Waals surface area (Å²) in [6.07, 6.45) is 3.99. The van der Waals surface area contributed by atoms with E-state index in [0.717, 1.165) is 41.4 Å². The Morgan fingerprint density at radius 2 is 2.31 bits per heavy atom. The third kappa shape index (κ3) is 5.05. The second-order valence-corrected chi connectivity index (χ2v) is 8.30. The highest BCUT2D eigenvalue weighted by atomic mass is 79.9. The summed E-state index contributed by atoms with van der Waals surface area (Å²) in [5.41, 5.74) is 0. The van der Waals surface area contributed by atoms with Crippen LogP contribution in [0.5, 0.6) is 0 Å². The van der Waals surface area contributed by atoms with E-state index < -0.39 is 0 Å². The zero-order chi connectivity index (χ0) is 18.5. The summed E-state index contributed by atoms with van der Waals surface area (Å²) in [7, 11) is 0. The topological polar surface area (TPSA) is 81.9 Å². The molecule has 2 aromatic rings. The third-order valence-corrected chi connectivity index (χ3v) is 5.44. The van der Waals surface area contributed by atoms with Crippen molar-refractivity contribution in [2.24, 2.45) is 0 Å². The molecular formula is C17H22BrN5O2S. The first-order chi connectivity index (χ1) is 12.5. The van der Waals surface area contributed by atoms with E-state index in [9.17, 15) is 4.79 Å². The van der Waals surface area contributed by atoms with Crippen LogP contribution in [-0.2, 0) is 16.1 Å². The highest BCUT2D eigenvalue weighted by Gasteiger charge is 2.22. The number of thioether (sulfide) groups is 1. The number of hydrogen-bond acceptors (Lipinski definition) is 6. The lowest BCUT2D eigenvalue weighted by Gasteiger charge is -2.15. The van der Waals surface area contributed by atoms with Gasteiger partial charge < -0.3 is 14.6 Å². The summed E-state index contributed by atoms with van der Waals surface area (Å²) >= 11 is 4.71. The highest BCUT2D eigenvalue weighted by molar-refractivity contribution is 9.10. The van der Waals surface area contributed by atoms with E-state index in [2.05, 4.69) is 54.8 Å². The second kappa shape index (κ2) is 8.96. The van der Waals surface area contributed by atoms with Gasteiger partial charge in [0, 0.05) is 23.2 Å². The number of carbonyl (C=O) groups excluding carboxylic acids is 1. The van der Waals surface area contributed by atoms with Crippen LogP contribution in [0.4, 0.5) is 5.82 Å². The molecule has 2 aromatic heterocycles. The highest BCUT2D eigenvalue weighted by Crippen LogP contribution is 2.24. The fraction of sp³-hybridized carbons (Fsp3) is 0.529. The predicted molar refractivity (Wildman–Crippen MR) is 104 cm³/mol.